The first-order valence-corrected chi connectivity index (χ1v) is 7.36. The zero-order valence-electron chi connectivity index (χ0n) is 10.8. The van der Waals surface area contributed by atoms with E-state index in [1.54, 1.807) is 12.1 Å². The Bertz CT molecular complexity index is 785. The van der Waals surface area contributed by atoms with Crippen LogP contribution in [0.3, 0.4) is 0 Å². The number of amides is 1. The van der Waals surface area contributed by atoms with Gasteiger partial charge in [0.1, 0.15) is 4.88 Å². The largest absolute Gasteiger partial charge is 0.397 e. The molecule has 3 N–H and O–H groups in total. The Labute approximate surface area is 128 Å². The van der Waals surface area contributed by atoms with E-state index in [4.69, 9.17) is 21.9 Å². The molecule has 0 bridgehead atoms. The van der Waals surface area contributed by atoms with Crippen LogP contribution in [0, 0.1) is 0 Å². The van der Waals surface area contributed by atoms with Gasteiger partial charge in [-0.1, -0.05) is 16.8 Å². The summed E-state index contributed by atoms with van der Waals surface area (Å²) in [5.41, 5.74) is 6.50. The molecule has 0 radical (unpaired) electrons. The number of carbonyl (C=O) groups excluding carboxylic acids is 1. The summed E-state index contributed by atoms with van der Waals surface area (Å²) in [7, 11) is 0. The van der Waals surface area contributed by atoms with E-state index in [9.17, 15) is 4.79 Å². The number of aromatic nitrogens is 2. The number of nitrogen functional groups attached to an aromatic ring is 1. The maximum atomic E-state index is 12.2. The third-order valence-electron chi connectivity index (χ3n) is 2.93. The molecule has 8 heteroatoms. The van der Waals surface area contributed by atoms with Crippen molar-refractivity contribution in [2.45, 2.75) is 6.42 Å². The number of nitrogens with zero attached hydrogens (tertiary/aromatic N) is 2. The van der Waals surface area contributed by atoms with Gasteiger partial charge in [-0.15, -0.1) is 11.3 Å². The van der Waals surface area contributed by atoms with Crippen molar-refractivity contribution in [3.63, 3.8) is 0 Å². The number of anilines is 1. The van der Waals surface area contributed by atoms with Gasteiger partial charge in [-0.2, -0.15) is 4.98 Å². The summed E-state index contributed by atoms with van der Waals surface area (Å²) < 4.78 is 5.75. The molecule has 2 aromatic heterocycles. The van der Waals surface area contributed by atoms with Gasteiger partial charge in [-0.3, -0.25) is 4.79 Å². The Morgan fingerprint density at radius 3 is 3.10 bits per heavy atom. The molecule has 0 aliphatic carbocycles. The van der Waals surface area contributed by atoms with Crippen LogP contribution >= 0.6 is 22.9 Å². The van der Waals surface area contributed by atoms with E-state index in [-0.39, 0.29) is 5.91 Å². The number of hydrogen-bond acceptors (Lipinski definition) is 6. The summed E-state index contributed by atoms with van der Waals surface area (Å²) in [6.07, 6.45) is 1.80. The number of halogens is 1. The van der Waals surface area contributed by atoms with Crippen molar-refractivity contribution in [2.24, 2.45) is 0 Å². The molecule has 0 aliphatic heterocycles. The summed E-state index contributed by atoms with van der Waals surface area (Å²) in [4.78, 5) is 16.5. The lowest BCUT2D eigenvalue weighted by Crippen LogP contribution is -2.25. The van der Waals surface area contributed by atoms with Gasteiger partial charge in [0.2, 0.25) is 5.89 Å². The van der Waals surface area contributed by atoms with Gasteiger partial charge in [0.25, 0.3) is 5.91 Å². The second kappa shape index (κ2) is 5.71. The van der Waals surface area contributed by atoms with Gasteiger partial charge in [0, 0.05) is 28.1 Å². The van der Waals surface area contributed by atoms with Gasteiger partial charge >= 0.3 is 0 Å². The Kier molecular flexibility index (Phi) is 3.76. The number of nitrogens with one attached hydrogen (secondary N) is 1. The number of benzene rings is 1. The highest BCUT2D eigenvalue weighted by molar-refractivity contribution is 7.21. The maximum Gasteiger partial charge on any atom is 0.263 e. The fourth-order valence-electron chi connectivity index (χ4n) is 1.93. The molecule has 0 saturated heterocycles. The molecule has 0 fully saturated rings. The average molecular weight is 323 g/mol. The first-order valence-electron chi connectivity index (χ1n) is 6.16. The standard InChI is InChI=1S/C13H11ClN4O2S/c14-7-1-2-8-9(5-7)21-12(11(8)15)13(19)16-4-3-10-17-6-18-20-10/h1-2,5-6H,3-4,15H2,(H,16,19). The molecule has 3 aromatic rings. The summed E-state index contributed by atoms with van der Waals surface area (Å²) >= 11 is 7.26. The molecule has 1 aromatic carbocycles. The van der Waals surface area contributed by atoms with Crippen molar-refractivity contribution in [3.8, 4) is 0 Å². The van der Waals surface area contributed by atoms with E-state index in [1.165, 1.54) is 17.7 Å². The van der Waals surface area contributed by atoms with Crippen LogP contribution < -0.4 is 11.1 Å². The van der Waals surface area contributed by atoms with Gasteiger partial charge in [-0.25, -0.2) is 0 Å². The normalized spacial score (nSPS) is 10.9. The van der Waals surface area contributed by atoms with Crippen molar-refractivity contribution in [2.75, 3.05) is 12.3 Å². The quantitative estimate of drug-likeness (QED) is 0.769. The predicted octanol–water partition coefficient (Wildman–Crippen LogP) is 2.49. The van der Waals surface area contributed by atoms with Gasteiger partial charge in [0.05, 0.1) is 5.69 Å². The second-order valence-corrected chi connectivity index (χ2v) is 5.81. The molecule has 0 aliphatic rings. The lowest BCUT2D eigenvalue weighted by atomic mass is 10.2. The van der Waals surface area contributed by atoms with Crippen molar-refractivity contribution >= 4 is 44.6 Å². The highest BCUT2D eigenvalue weighted by Crippen LogP contribution is 2.35. The van der Waals surface area contributed by atoms with Crippen molar-refractivity contribution in [1.82, 2.24) is 15.5 Å². The van der Waals surface area contributed by atoms with E-state index in [1.807, 2.05) is 6.07 Å². The number of nitrogens with two attached hydrogens (primary N) is 1. The first kappa shape index (κ1) is 13.8. The summed E-state index contributed by atoms with van der Waals surface area (Å²) in [6.45, 7) is 0.398. The minimum atomic E-state index is -0.218. The lowest BCUT2D eigenvalue weighted by molar-refractivity contribution is 0.0958. The number of fused-ring (bicyclic) bond motifs is 1. The highest BCUT2D eigenvalue weighted by atomic mass is 35.5. The molecule has 0 unspecified atom stereocenters. The molecule has 0 atom stereocenters. The number of hydrogen-bond donors (Lipinski definition) is 2. The van der Waals surface area contributed by atoms with E-state index in [2.05, 4.69) is 15.5 Å². The topological polar surface area (TPSA) is 94.0 Å². The smallest absolute Gasteiger partial charge is 0.263 e. The van der Waals surface area contributed by atoms with Crippen LogP contribution in [0.2, 0.25) is 5.02 Å². The first-order chi connectivity index (χ1) is 10.1. The fraction of sp³-hybridized carbons (Fsp3) is 0.154. The number of rotatable bonds is 4. The minimum absolute atomic E-state index is 0.218. The van der Waals surface area contributed by atoms with Crippen molar-refractivity contribution in [1.29, 1.82) is 0 Å². The van der Waals surface area contributed by atoms with E-state index in [0.29, 0.717) is 34.4 Å². The minimum Gasteiger partial charge on any atom is -0.397 e. The van der Waals surface area contributed by atoms with Crippen molar-refractivity contribution in [3.05, 3.63) is 40.3 Å². The maximum absolute atomic E-state index is 12.2. The van der Waals surface area contributed by atoms with Crippen LogP contribution in [-0.2, 0) is 6.42 Å². The van der Waals surface area contributed by atoms with Crippen molar-refractivity contribution < 1.29 is 9.32 Å². The Balaban J connectivity index is 1.73. The fourth-order valence-corrected chi connectivity index (χ4v) is 3.24. The summed E-state index contributed by atoms with van der Waals surface area (Å²) in [5.74, 6) is 0.260. The lowest BCUT2D eigenvalue weighted by Gasteiger charge is -2.02. The van der Waals surface area contributed by atoms with Crippen LogP contribution in [0.25, 0.3) is 10.1 Å². The SMILES string of the molecule is Nc1c(C(=O)NCCc2ncno2)sc2cc(Cl)ccc12. The summed E-state index contributed by atoms with van der Waals surface area (Å²) in [6, 6.07) is 5.37. The third kappa shape index (κ3) is 2.84. The number of thiophene rings is 1. The third-order valence-corrected chi connectivity index (χ3v) is 4.33. The molecular weight excluding hydrogens is 312 g/mol. The van der Waals surface area contributed by atoms with Gasteiger partial charge < -0.3 is 15.6 Å². The Hall–Kier alpha value is -2.12. The summed E-state index contributed by atoms with van der Waals surface area (Å²) in [5, 5.41) is 7.74. The van der Waals surface area contributed by atoms with Crippen LogP contribution in [0.4, 0.5) is 5.69 Å². The molecule has 1 amide bonds. The highest BCUT2D eigenvalue weighted by Gasteiger charge is 2.16. The molecular formula is C13H11ClN4O2S. The Morgan fingerprint density at radius 1 is 1.48 bits per heavy atom. The molecule has 6 nitrogen and oxygen atoms in total. The number of carbonyl (C=O) groups is 1. The Morgan fingerprint density at radius 2 is 2.33 bits per heavy atom. The molecule has 0 spiro atoms. The van der Waals surface area contributed by atoms with Crippen LogP contribution in [0.15, 0.2) is 29.0 Å². The van der Waals surface area contributed by atoms with E-state index < -0.39 is 0 Å². The van der Waals surface area contributed by atoms with Gasteiger partial charge in [-0.05, 0) is 18.2 Å². The zero-order chi connectivity index (χ0) is 14.8. The predicted molar refractivity (Wildman–Crippen MR) is 81.6 cm³/mol. The van der Waals surface area contributed by atoms with Crippen LogP contribution in [0.1, 0.15) is 15.6 Å². The second-order valence-electron chi connectivity index (χ2n) is 4.33. The van der Waals surface area contributed by atoms with Crippen LogP contribution in [0.5, 0.6) is 0 Å². The molecule has 21 heavy (non-hydrogen) atoms. The van der Waals surface area contributed by atoms with E-state index >= 15 is 0 Å². The average Bonchev–Trinajstić information content (AvgIpc) is 3.07. The monoisotopic (exact) mass is 322 g/mol. The molecule has 2 heterocycles. The van der Waals surface area contributed by atoms with Crippen LogP contribution in [-0.4, -0.2) is 22.6 Å². The molecule has 108 valence electrons. The van der Waals surface area contributed by atoms with Gasteiger partial charge in [0.15, 0.2) is 6.33 Å². The van der Waals surface area contributed by atoms with E-state index in [0.717, 1.165) is 10.1 Å². The molecule has 3 rings (SSSR count). The molecule has 0 saturated carbocycles. The zero-order valence-corrected chi connectivity index (χ0v) is 12.4.